The van der Waals surface area contributed by atoms with Crippen molar-refractivity contribution in [3.05, 3.63) is 54.0 Å². The molecule has 118 valence electrons. The van der Waals surface area contributed by atoms with Crippen LogP contribution in [0.4, 0.5) is 0 Å². The molecule has 22 heavy (non-hydrogen) atoms. The topological polar surface area (TPSA) is 79.6 Å². The van der Waals surface area contributed by atoms with Gasteiger partial charge in [-0.1, -0.05) is 0 Å². The van der Waals surface area contributed by atoms with E-state index in [1.165, 1.54) is 31.3 Å². The second-order valence-electron chi connectivity index (χ2n) is 4.84. The number of nitrogens with zero attached hydrogens (tertiary/aromatic N) is 1. The van der Waals surface area contributed by atoms with Gasteiger partial charge in [-0.2, -0.15) is 0 Å². The number of benzene rings is 1. The predicted molar refractivity (Wildman–Crippen MR) is 81.9 cm³/mol. The standard InChI is InChI=1S/C15H18N2O4S/c1-11(14-5-4-10-21-14)17(3)15(18)12-6-8-13(9-7-12)22(19,20)16-2/h4-11,16H,1-3H3. The number of furan rings is 1. The summed E-state index contributed by atoms with van der Waals surface area (Å²) in [5.41, 5.74) is 0.413. The summed E-state index contributed by atoms with van der Waals surface area (Å²) in [7, 11) is -0.488. The summed E-state index contributed by atoms with van der Waals surface area (Å²) in [6.45, 7) is 1.86. The Hall–Kier alpha value is -2.12. The summed E-state index contributed by atoms with van der Waals surface area (Å²) >= 11 is 0. The maximum Gasteiger partial charge on any atom is 0.254 e. The zero-order valence-electron chi connectivity index (χ0n) is 12.6. The number of carbonyl (C=O) groups excluding carboxylic acids is 1. The molecule has 0 fully saturated rings. The second kappa shape index (κ2) is 6.33. The van der Waals surface area contributed by atoms with Crippen molar-refractivity contribution in [2.75, 3.05) is 14.1 Å². The lowest BCUT2D eigenvalue weighted by molar-refractivity contribution is 0.0726. The van der Waals surface area contributed by atoms with Gasteiger partial charge in [-0.25, -0.2) is 13.1 Å². The lowest BCUT2D eigenvalue weighted by atomic mass is 10.1. The zero-order chi connectivity index (χ0) is 16.3. The summed E-state index contributed by atoms with van der Waals surface area (Å²) in [4.78, 5) is 14.1. The highest BCUT2D eigenvalue weighted by atomic mass is 32.2. The Morgan fingerprint density at radius 1 is 1.23 bits per heavy atom. The quantitative estimate of drug-likeness (QED) is 0.913. The minimum Gasteiger partial charge on any atom is -0.467 e. The van der Waals surface area contributed by atoms with E-state index in [0.29, 0.717) is 11.3 Å². The van der Waals surface area contributed by atoms with E-state index in [1.807, 2.05) is 6.92 Å². The van der Waals surface area contributed by atoms with E-state index in [4.69, 9.17) is 4.42 Å². The number of amides is 1. The molecule has 1 heterocycles. The van der Waals surface area contributed by atoms with Gasteiger partial charge in [-0.05, 0) is 50.4 Å². The maximum atomic E-state index is 12.4. The molecule has 0 aliphatic rings. The molecule has 1 atom stereocenters. The Morgan fingerprint density at radius 2 is 1.86 bits per heavy atom. The molecule has 0 radical (unpaired) electrons. The summed E-state index contributed by atoms with van der Waals surface area (Å²) in [5, 5.41) is 0. The van der Waals surface area contributed by atoms with E-state index in [0.717, 1.165) is 0 Å². The average Bonchev–Trinajstić information content (AvgIpc) is 3.07. The lowest BCUT2D eigenvalue weighted by Gasteiger charge is -2.23. The van der Waals surface area contributed by atoms with E-state index < -0.39 is 10.0 Å². The number of rotatable bonds is 5. The molecular formula is C15H18N2O4S. The van der Waals surface area contributed by atoms with Gasteiger partial charge >= 0.3 is 0 Å². The largest absolute Gasteiger partial charge is 0.467 e. The monoisotopic (exact) mass is 322 g/mol. The third-order valence-corrected chi connectivity index (χ3v) is 4.97. The average molecular weight is 322 g/mol. The smallest absolute Gasteiger partial charge is 0.254 e. The van der Waals surface area contributed by atoms with Crippen LogP contribution in [0.2, 0.25) is 0 Å². The van der Waals surface area contributed by atoms with Gasteiger partial charge in [0.05, 0.1) is 17.2 Å². The van der Waals surface area contributed by atoms with Crippen LogP contribution in [0.5, 0.6) is 0 Å². The zero-order valence-corrected chi connectivity index (χ0v) is 13.4. The van der Waals surface area contributed by atoms with Crippen LogP contribution in [0.3, 0.4) is 0 Å². The molecule has 2 aromatic rings. The van der Waals surface area contributed by atoms with Crippen LogP contribution in [-0.4, -0.2) is 33.3 Å². The van der Waals surface area contributed by atoms with Gasteiger partial charge in [-0.3, -0.25) is 4.79 Å². The molecule has 0 saturated heterocycles. The molecule has 0 aliphatic carbocycles. The Bertz CT molecular complexity index is 736. The van der Waals surface area contributed by atoms with Gasteiger partial charge in [0.1, 0.15) is 5.76 Å². The van der Waals surface area contributed by atoms with Gasteiger partial charge in [0.2, 0.25) is 10.0 Å². The normalized spacial score (nSPS) is 12.9. The molecule has 0 bridgehead atoms. The summed E-state index contributed by atoms with van der Waals surface area (Å²) in [6.07, 6.45) is 1.56. The van der Waals surface area contributed by atoms with Gasteiger partial charge in [0.15, 0.2) is 0 Å². The van der Waals surface area contributed by atoms with Crippen LogP contribution in [0.1, 0.15) is 29.1 Å². The maximum absolute atomic E-state index is 12.4. The molecule has 0 aliphatic heterocycles. The van der Waals surface area contributed by atoms with Crippen molar-refractivity contribution in [1.29, 1.82) is 0 Å². The fraction of sp³-hybridized carbons (Fsp3) is 0.267. The van der Waals surface area contributed by atoms with Crippen molar-refractivity contribution in [2.45, 2.75) is 17.9 Å². The summed E-state index contributed by atoms with van der Waals surface area (Å²) < 4.78 is 30.9. The fourth-order valence-electron chi connectivity index (χ4n) is 1.99. The predicted octanol–water partition coefficient (Wildman–Crippen LogP) is 2.02. The van der Waals surface area contributed by atoms with Crippen molar-refractivity contribution in [1.82, 2.24) is 9.62 Å². The number of nitrogens with one attached hydrogen (secondary N) is 1. The van der Waals surface area contributed by atoms with Crippen LogP contribution >= 0.6 is 0 Å². The van der Waals surface area contributed by atoms with E-state index >= 15 is 0 Å². The first kappa shape index (κ1) is 16.3. The lowest BCUT2D eigenvalue weighted by Crippen LogP contribution is -2.29. The van der Waals surface area contributed by atoms with E-state index in [2.05, 4.69) is 4.72 Å². The summed E-state index contributed by atoms with van der Waals surface area (Å²) in [5.74, 6) is 0.475. The van der Waals surface area contributed by atoms with E-state index in [-0.39, 0.29) is 16.8 Å². The van der Waals surface area contributed by atoms with Gasteiger partial charge in [-0.15, -0.1) is 0 Å². The minimum absolute atomic E-state index is 0.119. The van der Waals surface area contributed by atoms with Crippen LogP contribution < -0.4 is 4.72 Å². The molecule has 0 spiro atoms. The molecule has 1 N–H and O–H groups in total. The molecular weight excluding hydrogens is 304 g/mol. The molecule has 1 amide bonds. The Morgan fingerprint density at radius 3 is 2.36 bits per heavy atom. The van der Waals surface area contributed by atoms with Crippen LogP contribution in [0.15, 0.2) is 52.0 Å². The molecule has 6 nitrogen and oxygen atoms in total. The highest BCUT2D eigenvalue weighted by Crippen LogP contribution is 2.21. The third-order valence-electron chi connectivity index (χ3n) is 3.54. The van der Waals surface area contributed by atoms with Crippen molar-refractivity contribution in [2.24, 2.45) is 0 Å². The molecule has 1 aromatic carbocycles. The number of sulfonamides is 1. The minimum atomic E-state index is -3.50. The SMILES string of the molecule is CNS(=O)(=O)c1ccc(C(=O)N(C)C(C)c2ccco2)cc1. The summed E-state index contributed by atoms with van der Waals surface area (Å²) in [6, 6.07) is 9.16. The van der Waals surface area contributed by atoms with Crippen molar-refractivity contribution in [3.63, 3.8) is 0 Å². The fourth-order valence-corrected chi connectivity index (χ4v) is 2.72. The van der Waals surface area contributed by atoms with Gasteiger partial charge < -0.3 is 9.32 Å². The Labute approximate surface area is 129 Å². The van der Waals surface area contributed by atoms with Crippen LogP contribution in [-0.2, 0) is 10.0 Å². The van der Waals surface area contributed by atoms with Crippen molar-refractivity contribution >= 4 is 15.9 Å². The first-order chi connectivity index (χ1) is 10.4. The Kier molecular flexibility index (Phi) is 4.68. The molecule has 0 saturated carbocycles. The number of carbonyl (C=O) groups is 1. The van der Waals surface area contributed by atoms with Gasteiger partial charge in [0, 0.05) is 12.6 Å². The first-order valence-corrected chi connectivity index (χ1v) is 8.19. The third kappa shape index (κ3) is 3.20. The van der Waals surface area contributed by atoms with Crippen LogP contribution in [0.25, 0.3) is 0 Å². The Balaban J connectivity index is 2.19. The molecule has 1 unspecified atom stereocenters. The van der Waals surface area contributed by atoms with Gasteiger partial charge in [0.25, 0.3) is 5.91 Å². The molecule has 7 heteroatoms. The van der Waals surface area contributed by atoms with Crippen molar-refractivity contribution < 1.29 is 17.6 Å². The number of hydrogen-bond donors (Lipinski definition) is 1. The van der Waals surface area contributed by atoms with Crippen LogP contribution in [0, 0.1) is 0 Å². The van der Waals surface area contributed by atoms with Crippen molar-refractivity contribution in [3.8, 4) is 0 Å². The first-order valence-electron chi connectivity index (χ1n) is 6.71. The second-order valence-corrected chi connectivity index (χ2v) is 6.73. The highest BCUT2D eigenvalue weighted by molar-refractivity contribution is 7.89. The molecule has 2 rings (SSSR count). The molecule has 1 aromatic heterocycles. The number of hydrogen-bond acceptors (Lipinski definition) is 4. The van der Waals surface area contributed by atoms with E-state index in [1.54, 1.807) is 30.3 Å². The van der Waals surface area contributed by atoms with E-state index in [9.17, 15) is 13.2 Å². The highest BCUT2D eigenvalue weighted by Gasteiger charge is 2.21.